The van der Waals surface area contributed by atoms with Crippen molar-refractivity contribution in [3.05, 3.63) is 53.6 Å². The first-order chi connectivity index (χ1) is 15.1. The van der Waals surface area contributed by atoms with Gasteiger partial charge in [-0.25, -0.2) is 8.42 Å². The van der Waals surface area contributed by atoms with Crippen LogP contribution in [0.25, 0.3) is 12.2 Å². The lowest BCUT2D eigenvalue weighted by atomic mass is 9.99. The van der Waals surface area contributed by atoms with Crippen molar-refractivity contribution in [3.63, 3.8) is 0 Å². The predicted octanol–water partition coefficient (Wildman–Crippen LogP) is -0.0686. The number of phenolic OH excluding ortho intramolecular Hbond substituents is 2. The minimum Gasteiger partial charge on any atom is -0.726 e. The quantitative estimate of drug-likeness (QED) is 0.208. The maximum atomic E-state index is 11.1. The third-order valence-electron chi connectivity index (χ3n) is 4.58. The van der Waals surface area contributed by atoms with E-state index in [-0.39, 0.29) is 17.2 Å². The summed E-state index contributed by atoms with van der Waals surface area (Å²) in [5.74, 6) is -0.164. The molecule has 174 valence electrons. The van der Waals surface area contributed by atoms with Crippen LogP contribution in [0.2, 0.25) is 0 Å². The van der Waals surface area contributed by atoms with Gasteiger partial charge in [-0.3, -0.25) is 4.18 Å². The standard InChI is InChI=1S/C20H22O11S/c21-10-16-17(24)18(25)19(31-32(26,27)28)20(30-16)29-15-8-12(7-14(23)9-15)2-1-11-3-5-13(22)6-4-11/h1-9,16-25H,10H2,(H,26,27,28)/p-1/b2-1-/t16-,17-,18+,19-,20-/m1/s1. The third-order valence-corrected chi connectivity index (χ3v) is 5.04. The fourth-order valence-electron chi connectivity index (χ4n) is 3.07. The van der Waals surface area contributed by atoms with Crippen LogP contribution in [0, 0.1) is 0 Å². The van der Waals surface area contributed by atoms with Gasteiger partial charge in [0.15, 0.2) is 6.10 Å². The largest absolute Gasteiger partial charge is 0.726 e. The second kappa shape index (κ2) is 9.83. The van der Waals surface area contributed by atoms with Crippen LogP contribution in [0.1, 0.15) is 11.1 Å². The van der Waals surface area contributed by atoms with Crippen molar-refractivity contribution in [2.75, 3.05) is 6.61 Å². The van der Waals surface area contributed by atoms with Crippen molar-refractivity contribution in [1.82, 2.24) is 0 Å². The van der Waals surface area contributed by atoms with Gasteiger partial charge in [-0.15, -0.1) is 0 Å². The molecule has 1 fully saturated rings. The highest BCUT2D eigenvalue weighted by Crippen LogP contribution is 2.30. The maximum absolute atomic E-state index is 11.1. The van der Waals surface area contributed by atoms with Crippen molar-refractivity contribution in [1.29, 1.82) is 0 Å². The molecule has 0 aliphatic carbocycles. The minimum absolute atomic E-state index is 0.0440. The highest BCUT2D eigenvalue weighted by molar-refractivity contribution is 7.80. The summed E-state index contributed by atoms with van der Waals surface area (Å²) >= 11 is 0. The maximum Gasteiger partial charge on any atom is 0.230 e. The van der Waals surface area contributed by atoms with E-state index in [2.05, 4.69) is 4.18 Å². The first kappa shape index (κ1) is 23.9. The lowest BCUT2D eigenvalue weighted by Crippen LogP contribution is -2.61. The van der Waals surface area contributed by atoms with Gasteiger partial charge in [0, 0.05) is 6.07 Å². The van der Waals surface area contributed by atoms with Gasteiger partial charge in [-0.2, -0.15) is 0 Å². The van der Waals surface area contributed by atoms with Gasteiger partial charge < -0.3 is 39.6 Å². The molecule has 3 rings (SSSR count). The minimum atomic E-state index is -5.31. The Morgan fingerprint density at radius 2 is 1.62 bits per heavy atom. The second-order valence-electron chi connectivity index (χ2n) is 6.98. The smallest absolute Gasteiger partial charge is 0.230 e. The van der Waals surface area contributed by atoms with Crippen molar-refractivity contribution in [2.45, 2.75) is 30.7 Å². The van der Waals surface area contributed by atoms with E-state index in [0.29, 0.717) is 5.56 Å². The summed E-state index contributed by atoms with van der Waals surface area (Å²) in [7, 11) is -5.31. The number of hydrogen-bond acceptors (Lipinski definition) is 11. The molecular weight excluding hydrogens is 448 g/mol. The Morgan fingerprint density at radius 3 is 2.25 bits per heavy atom. The van der Waals surface area contributed by atoms with E-state index in [1.54, 1.807) is 24.3 Å². The molecule has 32 heavy (non-hydrogen) atoms. The van der Waals surface area contributed by atoms with Crippen LogP contribution in [0.3, 0.4) is 0 Å². The lowest BCUT2D eigenvalue weighted by molar-refractivity contribution is -0.271. The molecule has 2 aromatic carbocycles. The van der Waals surface area contributed by atoms with Crippen LogP contribution in [0.15, 0.2) is 42.5 Å². The average molecular weight is 469 g/mol. The summed E-state index contributed by atoms with van der Waals surface area (Å²) in [5.41, 5.74) is 1.21. The van der Waals surface area contributed by atoms with Gasteiger partial charge >= 0.3 is 0 Å². The zero-order valence-corrected chi connectivity index (χ0v) is 17.2. The van der Waals surface area contributed by atoms with Gasteiger partial charge in [0.1, 0.15) is 35.6 Å². The number of hydrogen-bond donors (Lipinski definition) is 5. The number of phenols is 2. The average Bonchev–Trinajstić information content (AvgIpc) is 2.72. The lowest BCUT2D eigenvalue weighted by Gasteiger charge is -2.41. The number of rotatable bonds is 7. The predicted molar refractivity (Wildman–Crippen MR) is 108 cm³/mol. The fraction of sp³-hybridized carbons (Fsp3) is 0.300. The molecule has 1 aliphatic heterocycles. The Hall–Kier alpha value is -2.71. The zero-order valence-electron chi connectivity index (χ0n) is 16.4. The molecule has 0 saturated carbocycles. The molecule has 2 aromatic rings. The Kier molecular flexibility index (Phi) is 7.36. The van der Waals surface area contributed by atoms with Gasteiger partial charge in [0.25, 0.3) is 0 Å². The molecule has 0 amide bonds. The summed E-state index contributed by atoms with van der Waals surface area (Å²) in [6.07, 6.45) is -5.38. The molecule has 11 nitrogen and oxygen atoms in total. The monoisotopic (exact) mass is 469 g/mol. The van der Waals surface area contributed by atoms with Crippen LogP contribution < -0.4 is 4.74 Å². The van der Waals surface area contributed by atoms with Gasteiger partial charge in [-0.1, -0.05) is 24.3 Å². The topological polar surface area (TPSA) is 186 Å². The Morgan fingerprint density at radius 1 is 0.969 bits per heavy atom. The van der Waals surface area contributed by atoms with Crippen LogP contribution in [-0.2, 0) is 19.3 Å². The Labute approximate surface area is 183 Å². The van der Waals surface area contributed by atoms with Gasteiger partial charge in [-0.05, 0) is 35.4 Å². The van der Waals surface area contributed by atoms with E-state index in [4.69, 9.17) is 9.47 Å². The Balaban J connectivity index is 1.85. The number of aromatic hydroxyl groups is 2. The van der Waals surface area contributed by atoms with E-state index in [1.165, 1.54) is 24.3 Å². The molecule has 5 atom stereocenters. The second-order valence-corrected chi connectivity index (χ2v) is 7.99. The van der Waals surface area contributed by atoms with Gasteiger partial charge in [0.2, 0.25) is 16.7 Å². The Bertz CT molecular complexity index is 1050. The van der Waals surface area contributed by atoms with E-state index < -0.39 is 47.7 Å². The fourth-order valence-corrected chi connectivity index (χ4v) is 3.55. The molecule has 5 N–H and O–H groups in total. The molecule has 0 aromatic heterocycles. The van der Waals surface area contributed by atoms with Crippen LogP contribution in [-0.4, -0.2) is 75.8 Å². The number of aliphatic hydroxyl groups excluding tert-OH is 3. The molecule has 12 heteroatoms. The first-order valence-electron chi connectivity index (χ1n) is 9.30. The van der Waals surface area contributed by atoms with Crippen LogP contribution >= 0.6 is 0 Å². The summed E-state index contributed by atoms with van der Waals surface area (Å²) in [4.78, 5) is 0. The van der Waals surface area contributed by atoms with Crippen molar-refractivity contribution >= 4 is 22.6 Å². The van der Waals surface area contributed by atoms with Crippen molar-refractivity contribution in [2.24, 2.45) is 0 Å². The highest BCUT2D eigenvalue weighted by atomic mass is 32.3. The van der Waals surface area contributed by atoms with E-state index in [1.807, 2.05) is 0 Å². The normalized spacial score (nSPS) is 26.3. The van der Waals surface area contributed by atoms with Gasteiger partial charge in [0.05, 0.1) is 6.61 Å². The zero-order chi connectivity index (χ0) is 23.5. The third kappa shape index (κ3) is 6.17. The van der Waals surface area contributed by atoms with E-state index in [0.717, 1.165) is 11.6 Å². The molecule has 0 unspecified atom stereocenters. The first-order valence-corrected chi connectivity index (χ1v) is 10.6. The van der Waals surface area contributed by atoms with Crippen LogP contribution in [0.5, 0.6) is 17.2 Å². The molecule has 1 saturated heterocycles. The molecular formula is C20H21O11S-. The molecule has 1 aliphatic rings. The molecule has 0 spiro atoms. The van der Waals surface area contributed by atoms with Crippen molar-refractivity contribution in [3.8, 4) is 17.2 Å². The summed E-state index contributed by atoms with van der Waals surface area (Å²) < 4.78 is 48.2. The number of aliphatic hydroxyl groups is 3. The van der Waals surface area contributed by atoms with E-state index in [9.17, 15) is 38.5 Å². The molecule has 0 radical (unpaired) electrons. The van der Waals surface area contributed by atoms with E-state index >= 15 is 0 Å². The van der Waals surface area contributed by atoms with Crippen molar-refractivity contribution < 1.29 is 52.2 Å². The number of ether oxygens (including phenoxy) is 2. The number of benzene rings is 2. The molecule has 0 bridgehead atoms. The highest BCUT2D eigenvalue weighted by Gasteiger charge is 2.47. The SMILES string of the molecule is O=S(=O)([O-])O[C@H]1[C@H](Oc2cc(O)cc(/C=C\c3ccc(O)cc3)c2)O[C@H](CO)[C@@H](O)[C@@H]1O. The summed E-state index contributed by atoms with van der Waals surface area (Å²) in [5, 5.41) is 48.8. The summed E-state index contributed by atoms with van der Waals surface area (Å²) in [6, 6.07) is 10.3. The molecule has 1 heterocycles. The van der Waals surface area contributed by atoms with Crippen LogP contribution in [0.4, 0.5) is 0 Å². The summed E-state index contributed by atoms with van der Waals surface area (Å²) in [6.45, 7) is -0.740.